The quantitative estimate of drug-likeness (QED) is 0.102. The molecule has 1 aliphatic rings. The van der Waals surface area contributed by atoms with Gasteiger partial charge in [-0.1, -0.05) is 226 Å². The van der Waals surface area contributed by atoms with Gasteiger partial charge in [0.1, 0.15) is 0 Å². The van der Waals surface area contributed by atoms with Crippen LogP contribution in [0.1, 0.15) is 72.2 Å². The van der Waals surface area contributed by atoms with Gasteiger partial charge in [-0.05, 0) is 106 Å². The minimum Gasteiger partial charge on any atom is -0.0984 e. The van der Waals surface area contributed by atoms with Crippen LogP contribution in [0.3, 0.4) is 0 Å². The van der Waals surface area contributed by atoms with Crippen molar-refractivity contribution in [3.8, 4) is 22.3 Å². The molecule has 0 aliphatic heterocycles. The lowest BCUT2D eigenvalue weighted by Gasteiger charge is -2.34. The Morgan fingerprint density at radius 2 is 1.00 bits per heavy atom. The van der Waals surface area contributed by atoms with E-state index in [0.717, 1.165) is 5.57 Å². The predicted octanol–water partition coefficient (Wildman–Crippen LogP) is 13.4. The van der Waals surface area contributed by atoms with Gasteiger partial charge in [0.15, 0.2) is 0 Å². The summed E-state index contributed by atoms with van der Waals surface area (Å²) in [7, 11) is 0. The second kappa shape index (κ2) is 16.9. The highest BCUT2D eigenvalue weighted by Crippen LogP contribution is 2.55. The van der Waals surface area contributed by atoms with Crippen LogP contribution >= 0.6 is 0 Å². The Kier molecular flexibility index (Phi) is 11.6. The average molecular weight is 737 g/mol. The maximum Gasteiger partial charge on any atom is 0.236 e. The normalized spacial score (nSPS) is 13.1. The van der Waals surface area contributed by atoms with E-state index in [1.807, 2.05) is 19.9 Å². The molecular formula is C56H53B. The van der Waals surface area contributed by atoms with E-state index < -0.39 is 5.41 Å². The molecule has 280 valence electrons. The molecule has 0 heterocycles. The molecule has 0 atom stereocenters. The van der Waals surface area contributed by atoms with E-state index >= 15 is 0 Å². The van der Waals surface area contributed by atoms with E-state index in [-0.39, 0.29) is 6.71 Å². The van der Waals surface area contributed by atoms with Gasteiger partial charge in [0, 0.05) is 0 Å². The Labute approximate surface area is 342 Å². The highest BCUT2D eigenvalue weighted by Gasteiger charge is 2.46. The lowest BCUT2D eigenvalue weighted by Crippen LogP contribution is -2.44. The maximum absolute atomic E-state index is 4.28. The fourth-order valence-electron chi connectivity index (χ4n) is 9.21. The van der Waals surface area contributed by atoms with Crippen LogP contribution < -0.4 is 10.9 Å². The summed E-state index contributed by atoms with van der Waals surface area (Å²) < 4.78 is 0. The summed E-state index contributed by atoms with van der Waals surface area (Å²) in [6.45, 7) is 19.4. The number of fused-ring (bicyclic) bond motifs is 3. The van der Waals surface area contributed by atoms with E-state index in [1.165, 1.54) is 88.7 Å². The van der Waals surface area contributed by atoms with E-state index in [9.17, 15) is 0 Å². The van der Waals surface area contributed by atoms with Crippen LogP contribution in [0.15, 0.2) is 200 Å². The molecule has 0 saturated heterocycles. The Bertz CT molecular complexity index is 2560. The van der Waals surface area contributed by atoms with Crippen LogP contribution in [-0.4, -0.2) is 6.71 Å². The summed E-state index contributed by atoms with van der Waals surface area (Å²) in [5.41, 5.74) is 21.1. The molecule has 0 radical (unpaired) electrons. The molecule has 0 aromatic heterocycles. The summed E-state index contributed by atoms with van der Waals surface area (Å²) in [6, 6.07) is 62.9. The predicted molar refractivity (Wildman–Crippen MR) is 249 cm³/mol. The molecule has 0 fully saturated rings. The van der Waals surface area contributed by atoms with E-state index in [2.05, 4.69) is 217 Å². The molecule has 1 aliphatic carbocycles. The third-order valence-electron chi connectivity index (χ3n) is 11.8. The topological polar surface area (TPSA) is 0 Å². The van der Waals surface area contributed by atoms with Crippen LogP contribution in [0.4, 0.5) is 0 Å². The molecule has 0 N–H and O–H groups in total. The molecule has 0 nitrogen and oxygen atoms in total. The molecule has 8 rings (SSSR count). The number of allylic oxidation sites excluding steroid dienone is 5. The standard InChI is InChI=1S/C54H47B.C2H6/c1-7-46(47-26-16-14-20-37(47)2)40(5)34-41(6)55(44-31-30-39(4)51(35-44)48-27-17-15-21-38(48)3)45-32-33-50-49-28-18-19-29-52(49)54(53(50)36-45,42-22-10-8-11-23-42)43-24-12-9-13-25-43;1-2/h7-36H,1H2,2-6H3;1-2H3/b41-34+,46-40+;. The Hall–Kier alpha value is -6.18. The highest BCUT2D eigenvalue weighted by atomic mass is 14.5. The molecule has 0 bridgehead atoms. The highest BCUT2D eigenvalue weighted by molar-refractivity contribution is 6.90. The minimum absolute atomic E-state index is 0.000451. The van der Waals surface area contributed by atoms with Gasteiger partial charge in [0.05, 0.1) is 5.41 Å². The fraction of sp³-hybridized carbons (Fsp3) is 0.143. The summed E-state index contributed by atoms with van der Waals surface area (Å²) in [4.78, 5) is 0. The van der Waals surface area contributed by atoms with Gasteiger partial charge in [-0.25, -0.2) is 0 Å². The zero-order chi connectivity index (χ0) is 40.1. The zero-order valence-corrected chi connectivity index (χ0v) is 34.6. The number of hydrogen-bond donors (Lipinski definition) is 0. The lowest BCUT2D eigenvalue weighted by atomic mass is 9.36. The summed E-state index contributed by atoms with van der Waals surface area (Å²) in [5.74, 6) is 0. The van der Waals surface area contributed by atoms with Crippen molar-refractivity contribution in [3.63, 3.8) is 0 Å². The van der Waals surface area contributed by atoms with Crippen LogP contribution in [-0.2, 0) is 5.41 Å². The molecule has 57 heavy (non-hydrogen) atoms. The molecule has 1 heteroatoms. The summed E-state index contributed by atoms with van der Waals surface area (Å²) in [6.07, 6.45) is 4.41. The van der Waals surface area contributed by atoms with Gasteiger partial charge in [-0.15, -0.1) is 0 Å². The maximum atomic E-state index is 4.28. The van der Waals surface area contributed by atoms with Crippen molar-refractivity contribution in [2.45, 2.75) is 53.9 Å². The smallest absolute Gasteiger partial charge is 0.0984 e. The molecule has 7 aromatic rings. The largest absolute Gasteiger partial charge is 0.236 e. The SMILES string of the molecule is C=C/C(=C(C)\C=C(/C)B(c1ccc(C)c(-c2ccccc2C)c1)c1ccc2c(c1)C(c1ccccc1)(c1ccccc1)c1ccccc1-2)c1ccccc1C.CC. The van der Waals surface area contributed by atoms with Gasteiger partial charge in [-0.3, -0.25) is 0 Å². The number of hydrogen-bond acceptors (Lipinski definition) is 0. The Balaban J connectivity index is 0.00000244. The molecule has 0 spiro atoms. The van der Waals surface area contributed by atoms with Gasteiger partial charge in [0.25, 0.3) is 0 Å². The van der Waals surface area contributed by atoms with Gasteiger partial charge in [0.2, 0.25) is 6.71 Å². The van der Waals surface area contributed by atoms with Crippen molar-refractivity contribution in [2.24, 2.45) is 0 Å². The van der Waals surface area contributed by atoms with Crippen molar-refractivity contribution in [1.29, 1.82) is 0 Å². The van der Waals surface area contributed by atoms with Gasteiger partial charge in [-0.2, -0.15) is 0 Å². The first-order valence-corrected chi connectivity index (χ1v) is 20.4. The molecule has 0 amide bonds. The first kappa shape index (κ1) is 39.1. The zero-order valence-electron chi connectivity index (χ0n) is 34.6. The first-order chi connectivity index (χ1) is 27.8. The summed E-state index contributed by atoms with van der Waals surface area (Å²) in [5, 5.41) is 0. The van der Waals surface area contributed by atoms with Crippen LogP contribution in [0.2, 0.25) is 0 Å². The molecule has 7 aromatic carbocycles. The monoisotopic (exact) mass is 736 g/mol. The third kappa shape index (κ3) is 7.09. The molecular weight excluding hydrogens is 683 g/mol. The van der Waals surface area contributed by atoms with Crippen molar-refractivity contribution >= 4 is 23.2 Å². The van der Waals surface area contributed by atoms with E-state index in [1.54, 1.807) is 0 Å². The second-order valence-corrected chi connectivity index (χ2v) is 15.2. The molecule has 0 saturated carbocycles. The fourth-order valence-corrected chi connectivity index (χ4v) is 9.21. The van der Waals surface area contributed by atoms with Crippen LogP contribution in [0.25, 0.3) is 27.8 Å². The first-order valence-electron chi connectivity index (χ1n) is 20.4. The van der Waals surface area contributed by atoms with Gasteiger partial charge < -0.3 is 0 Å². The van der Waals surface area contributed by atoms with Crippen molar-refractivity contribution in [1.82, 2.24) is 0 Å². The second-order valence-electron chi connectivity index (χ2n) is 15.2. The van der Waals surface area contributed by atoms with Crippen molar-refractivity contribution < 1.29 is 0 Å². The lowest BCUT2D eigenvalue weighted by molar-refractivity contribution is 0.769. The number of rotatable bonds is 9. The van der Waals surface area contributed by atoms with Crippen molar-refractivity contribution in [3.05, 3.63) is 244 Å². The average Bonchev–Trinajstić information content (AvgIpc) is 3.54. The number of benzene rings is 7. The van der Waals surface area contributed by atoms with Crippen LogP contribution in [0, 0.1) is 20.8 Å². The van der Waals surface area contributed by atoms with Crippen molar-refractivity contribution in [2.75, 3.05) is 0 Å². The Morgan fingerprint density at radius 1 is 0.491 bits per heavy atom. The van der Waals surface area contributed by atoms with E-state index in [0.29, 0.717) is 0 Å². The minimum atomic E-state index is -0.469. The molecule has 0 unspecified atom stereocenters. The van der Waals surface area contributed by atoms with Gasteiger partial charge >= 0.3 is 0 Å². The Morgan fingerprint density at radius 3 is 1.63 bits per heavy atom. The third-order valence-corrected chi connectivity index (χ3v) is 11.8. The van der Waals surface area contributed by atoms with Crippen LogP contribution in [0.5, 0.6) is 0 Å². The number of aryl methyl sites for hydroxylation is 3. The summed E-state index contributed by atoms with van der Waals surface area (Å²) >= 11 is 0. The van der Waals surface area contributed by atoms with E-state index in [4.69, 9.17) is 0 Å².